The minimum Gasteiger partial charge on any atom is -0.421 e. The lowest BCUT2D eigenvalue weighted by Gasteiger charge is -2.03. The van der Waals surface area contributed by atoms with Crippen LogP contribution in [0, 0.1) is 5.82 Å². The summed E-state index contributed by atoms with van der Waals surface area (Å²) < 4.78 is 20.7. The van der Waals surface area contributed by atoms with Gasteiger partial charge in [0, 0.05) is 24.7 Å². The number of halogens is 1. The summed E-state index contributed by atoms with van der Waals surface area (Å²) in [5.41, 5.74) is 1.31. The van der Waals surface area contributed by atoms with Crippen LogP contribution in [0.3, 0.4) is 0 Å². The van der Waals surface area contributed by atoms with Gasteiger partial charge in [-0.3, -0.25) is 4.79 Å². The third-order valence-electron chi connectivity index (χ3n) is 4.03. The molecule has 7 nitrogen and oxygen atoms in total. The van der Waals surface area contributed by atoms with Gasteiger partial charge in [-0.05, 0) is 30.3 Å². The molecule has 0 fully saturated rings. The van der Waals surface area contributed by atoms with Crippen molar-refractivity contribution in [2.24, 2.45) is 0 Å². The first-order chi connectivity index (χ1) is 13.7. The standard InChI is InChI=1S/C20H16FN5O2/c21-15-8-4-5-9-17(15)26-13-11-16(25-26)19(27)22-12-10-18-23-24-20(28-18)14-6-2-1-3-7-14/h1-9,11,13H,10,12H2,(H,22,27). The van der Waals surface area contributed by atoms with Crippen molar-refractivity contribution in [3.8, 4) is 17.1 Å². The Morgan fingerprint density at radius 2 is 1.82 bits per heavy atom. The molecule has 8 heteroatoms. The molecule has 2 aromatic carbocycles. The molecule has 0 atom stereocenters. The first-order valence-corrected chi connectivity index (χ1v) is 8.67. The van der Waals surface area contributed by atoms with Crippen LogP contribution in [0.2, 0.25) is 0 Å². The number of para-hydroxylation sites is 1. The average Bonchev–Trinajstić information content (AvgIpc) is 3.39. The second kappa shape index (κ2) is 7.83. The van der Waals surface area contributed by atoms with Gasteiger partial charge in [-0.25, -0.2) is 9.07 Å². The van der Waals surface area contributed by atoms with Crippen LogP contribution in [0.25, 0.3) is 17.1 Å². The molecule has 0 spiro atoms. The fourth-order valence-corrected chi connectivity index (χ4v) is 2.64. The Hall–Kier alpha value is -3.81. The van der Waals surface area contributed by atoms with E-state index in [1.807, 2.05) is 30.3 Å². The van der Waals surface area contributed by atoms with E-state index >= 15 is 0 Å². The van der Waals surface area contributed by atoms with Crippen LogP contribution < -0.4 is 5.32 Å². The number of nitrogens with one attached hydrogen (secondary N) is 1. The van der Waals surface area contributed by atoms with E-state index in [1.54, 1.807) is 18.2 Å². The molecule has 140 valence electrons. The van der Waals surface area contributed by atoms with E-state index in [0.29, 0.717) is 24.7 Å². The summed E-state index contributed by atoms with van der Waals surface area (Å²) >= 11 is 0. The lowest BCUT2D eigenvalue weighted by molar-refractivity contribution is 0.0948. The lowest BCUT2D eigenvalue weighted by atomic mass is 10.2. The van der Waals surface area contributed by atoms with Gasteiger partial charge in [-0.15, -0.1) is 10.2 Å². The Kier molecular flexibility index (Phi) is 4.92. The summed E-state index contributed by atoms with van der Waals surface area (Å²) in [6.45, 7) is 0.307. The number of carbonyl (C=O) groups excluding carboxylic acids is 1. The largest absolute Gasteiger partial charge is 0.421 e. The molecule has 28 heavy (non-hydrogen) atoms. The highest BCUT2D eigenvalue weighted by Gasteiger charge is 2.13. The van der Waals surface area contributed by atoms with E-state index in [4.69, 9.17) is 4.42 Å². The molecule has 0 saturated heterocycles. The van der Waals surface area contributed by atoms with Crippen LogP contribution in [0.4, 0.5) is 4.39 Å². The normalized spacial score (nSPS) is 10.8. The molecule has 4 aromatic rings. The zero-order valence-corrected chi connectivity index (χ0v) is 14.7. The van der Waals surface area contributed by atoms with Gasteiger partial charge < -0.3 is 9.73 Å². The maximum Gasteiger partial charge on any atom is 0.271 e. The highest BCUT2D eigenvalue weighted by molar-refractivity contribution is 5.92. The van der Waals surface area contributed by atoms with Crippen molar-refractivity contribution in [3.05, 3.63) is 84.3 Å². The molecular formula is C20H16FN5O2. The van der Waals surface area contributed by atoms with Gasteiger partial charge in [0.2, 0.25) is 11.8 Å². The number of hydrogen-bond acceptors (Lipinski definition) is 5. The van der Waals surface area contributed by atoms with Crippen molar-refractivity contribution >= 4 is 5.91 Å². The van der Waals surface area contributed by atoms with E-state index < -0.39 is 5.82 Å². The zero-order valence-electron chi connectivity index (χ0n) is 14.7. The first kappa shape index (κ1) is 17.6. The molecule has 0 aliphatic heterocycles. The number of aromatic nitrogens is 4. The summed E-state index contributed by atoms with van der Waals surface area (Å²) in [6, 6.07) is 17.2. The molecule has 0 unspecified atom stereocenters. The molecule has 2 heterocycles. The molecule has 1 N–H and O–H groups in total. The van der Waals surface area contributed by atoms with Gasteiger partial charge in [0.05, 0.1) is 0 Å². The van der Waals surface area contributed by atoms with Gasteiger partial charge in [-0.2, -0.15) is 5.10 Å². The minimum atomic E-state index is -0.414. The Bertz CT molecular complexity index is 1090. The quantitative estimate of drug-likeness (QED) is 0.558. The summed E-state index contributed by atoms with van der Waals surface area (Å²) in [7, 11) is 0. The Morgan fingerprint density at radius 1 is 1.04 bits per heavy atom. The average molecular weight is 377 g/mol. The van der Waals surface area contributed by atoms with Crippen molar-refractivity contribution in [1.82, 2.24) is 25.3 Å². The Morgan fingerprint density at radius 3 is 2.64 bits per heavy atom. The van der Waals surface area contributed by atoms with Gasteiger partial charge in [-0.1, -0.05) is 30.3 Å². The van der Waals surface area contributed by atoms with Crippen LogP contribution in [-0.2, 0) is 6.42 Å². The maximum atomic E-state index is 13.8. The molecule has 0 saturated carbocycles. The van der Waals surface area contributed by atoms with Crippen LogP contribution >= 0.6 is 0 Å². The van der Waals surface area contributed by atoms with Gasteiger partial charge >= 0.3 is 0 Å². The predicted octanol–water partition coefficient (Wildman–Crippen LogP) is 3.03. The molecule has 0 bridgehead atoms. The van der Waals surface area contributed by atoms with E-state index in [1.165, 1.54) is 23.0 Å². The number of carbonyl (C=O) groups is 1. The number of nitrogens with zero attached hydrogens (tertiary/aromatic N) is 4. The van der Waals surface area contributed by atoms with Crippen molar-refractivity contribution in [3.63, 3.8) is 0 Å². The topological polar surface area (TPSA) is 85.8 Å². The minimum absolute atomic E-state index is 0.193. The maximum absolute atomic E-state index is 13.8. The monoisotopic (exact) mass is 377 g/mol. The third-order valence-corrected chi connectivity index (χ3v) is 4.03. The van der Waals surface area contributed by atoms with E-state index in [-0.39, 0.29) is 17.3 Å². The molecule has 0 aliphatic rings. The molecule has 1 amide bonds. The lowest BCUT2D eigenvalue weighted by Crippen LogP contribution is -2.26. The van der Waals surface area contributed by atoms with Gasteiger partial charge in [0.1, 0.15) is 11.5 Å². The number of rotatable bonds is 6. The number of benzene rings is 2. The van der Waals surface area contributed by atoms with E-state index in [0.717, 1.165) is 5.56 Å². The molecule has 0 radical (unpaired) electrons. The molecule has 2 aromatic heterocycles. The highest BCUT2D eigenvalue weighted by Crippen LogP contribution is 2.17. The molecule has 0 aliphatic carbocycles. The second-order valence-electron chi connectivity index (χ2n) is 5.97. The number of hydrogen-bond donors (Lipinski definition) is 1. The van der Waals surface area contributed by atoms with Crippen LogP contribution in [0.5, 0.6) is 0 Å². The van der Waals surface area contributed by atoms with E-state index in [2.05, 4.69) is 20.6 Å². The molecular weight excluding hydrogens is 361 g/mol. The van der Waals surface area contributed by atoms with Crippen LogP contribution in [-0.4, -0.2) is 32.4 Å². The van der Waals surface area contributed by atoms with Crippen molar-refractivity contribution in [1.29, 1.82) is 0 Å². The summed E-state index contributed by atoms with van der Waals surface area (Å²) in [4.78, 5) is 12.2. The SMILES string of the molecule is O=C(NCCc1nnc(-c2ccccc2)o1)c1ccn(-c2ccccc2F)n1. The van der Waals surface area contributed by atoms with Crippen molar-refractivity contribution in [2.45, 2.75) is 6.42 Å². The molecule has 4 rings (SSSR count). The number of amides is 1. The van der Waals surface area contributed by atoms with Crippen molar-refractivity contribution in [2.75, 3.05) is 6.54 Å². The zero-order chi connectivity index (χ0) is 19.3. The fourth-order valence-electron chi connectivity index (χ4n) is 2.64. The summed E-state index contributed by atoms with van der Waals surface area (Å²) in [5, 5.41) is 14.9. The Balaban J connectivity index is 1.34. The summed E-state index contributed by atoms with van der Waals surface area (Å²) in [5.74, 6) is 0.0858. The van der Waals surface area contributed by atoms with E-state index in [9.17, 15) is 9.18 Å². The second-order valence-corrected chi connectivity index (χ2v) is 5.97. The van der Waals surface area contributed by atoms with Crippen LogP contribution in [0.1, 0.15) is 16.4 Å². The van der Waals surface area contributed by atoms with Gasteiger partial charge in [0.25, 0.3) is 5.91 Å². The highest BCUT2D eigenvalue weighted by atomic mass is 19.1. The van der Waals surface area contributed by atoms with Gasteiger partial charge in [0.15, 0.2) is 5.69 Å². The van der Waals surface area contributed by atoms with Crippen LogP contribution in [0.15, 0.2) is 71.3 Å². The van der Waals surface area contributed by atoms with Crippen molar-refractivity contribution < 1.29 is 13.6 Å². The fraction of sp³-hybridized carbons (Fsp3) is 0.100. The smallest absolute Gasteiger partial charge is 0.271 e. The predicted molar refractivity (Wildman–Crippen MR) is 99.3 cm³/mol. The first-order valence-electron chi connectivity index (χ1n) is 8.67. The summed E-state index contributed by atoms with van der Waals surface area (Å²) in [6.07, 6.45) is 1.93. The third kappa shape index (κ3) is 3.80. The Labute approximate surface area is 159 Å².